The van der Waals surface area contributed by atoms with E-state index < -0.39 is 17.4 Å². The smallest absolute Gasteiger partial charge is 0.326 e. The monoisotopic (exact) mass is 275 g/mol. The number of aliphatic carboxylic acids is 1. The molecule has 0 spiro atoms. The summed E-state index contributed by atoms with van der Waals surface area (Å²) in [6.07, 6.45) is 2.29. The molecule has 0 bridgehead atoms. The van der Waals surface area contributed by atoms with Crippen LogP contribution < -0.4 is 0 Å². The number of nitrogens with zero attached hydrogens (tertiary/aromatic N) is 1. The van der Waals surface area contributed by atoms with Crippen molar-refractivity contribution in [3.63, 3.8) is 0 Å². The number of carbonyl (C=O) groups excluding carboxylic acids is 1. The third kappa shape index (κ3) is 2.69. The van der Waals surface area contributed by atoms with E-state index in [0.29, 0.717) is 13.0 Å². The summed E-state index contributed by atoms with van der Waals surface area (Å²) in [6.45, 7) is 4.25. The van der Waals surface area contributed by atoms with Crippen molar-refractivity contribution in [3.05, 3.63) is 35.9 Å². The van der Waals surface area contributed by atoms with E-state index >= 15 is 0 Å². The summed E-state index contributed by atoms with van der Waals surface area (Å²) in [7, 11) is 0. The van der Waals surface area contributed by atoms with Gasteiger partial charge in [-0.25, -0.2) is 4.79 Å². The van der Waals surface area contributed by atoms with E-state index in [0.717, 1.165) is 18.4 Å². The largest absolute Gasteiger partial charge is 0.480 e. The summed E-state index contributed by atoms with van der Waals surface area (Å²) in [5.74, 6) is -1.00. The first-order valence-electron chi connectivity index (χ1n) is 7.04. The fraction of sp³-hybridized carbons (Fsp3) is 0.500. The molecule has 4 heteroatoms. The van der Waals surface area contributed by atoms with Gasteiger partial charge in [-0.3, -0.25) is 4.79 Å². The Morgan fingerprint density at radius 2 is 1.85 bits per heavy atom. The van der Waals surface area contributed by atoms with Gasteiger partial charge in [0.2, 0.25) is 5.91 Å². The highest BCUT2D eigenvalue weighted by molar-refractivity contribution is 5.91. The van der Waals surface area contributed by atoms with Crippen LogP contribution in [-0.2, 0) is 15.0 Å². The molecule has 2 rings (SSSR count). The van der Waals surface area contributed by atoms with Gasteiger partial charge in [-0.05, 0) is 38.7 Å². The quantitative estimate of drug-likeness (QED) is 0.921. The molecule has 1 fully saturated rings. The van der Waals surface area contributed by atoms with Gasteiger partial charge in [-0.15, -0.1) is 0 Å². The summed E-state index contributed by atoms with van der Waals surface area (Å²) < 4.78 is 0. The third-order valence-electron chi connectivity index (χ3n) is 4.08. The van der Waals surface area contributed by atoms with E-state index in [2.05, 4.69) is 0 Å². The molecule has 1 aliphatic heterocycles. The molecular weight excluding hydrogens is 254 g/mol. The minimum absolute atomic E-state index is 0.101. The number of carbonyl (C=O) groups is 2. The zero-order valence-corrected chi connectivity index (χ0v) is 12.0. The van der Waals surface area contributed by atoms with E-state index in [9.17, 15) is 14.7 Å². The molecule has 20 heavy (non-hydrogen) atoms. The molecule has 0 aliphatic carbocycles. The third-order valence-corrected chi connectivity index (χ3v) is 4.08. The molecule has 1 aliphatic rings. The predicted molar refractivity (Wildman–Crippen MR) is 76.5 cm³/mol. The summed E-state index contributed by atoms with van der Waals surface area (Å²) in [4.78, 5) is 25.7. The van der Waals surface area contributed by atoms with Gasteiger partial charge in [0.15, 0.2) is 0 Å². The maximum absolute atomic E-state index is 12.8. The summed E-state index contributed by atoms with van der Waals surface area (Å²) in [6, 6.07) is 8.85. The minimum Gasteiger partial charge on any atom is -0.480 e. The van der Waals surface area contributed by atoms with Crippen molar-refractivity contribution >= 4 is 11.9 Å². The van der Waals surface area contributed by atoms with E-state index in [1.54, 1.807) is 4.90 Å². The van der Waals surface area contributed by atoms with Crippen LogP contribution in [0.2, 0.25) is 0 Å². The highest BCUT2D eigenvalue weighted by Crippen LogP contribution is 2.29. The fourth-order valence-corrected chi connectivity index (χ4v) is 2.77. The van der Waals surface area contributed by atoms with Crippen molar-refractivity contribution in [3.8, 4) is 0 Å². The van der Waals surface area contributed by atoms with Crippen molar-refractivity contribution in [1.82, 2.24) is 4.90 Å². The highest BCUT2D eigenvalue weighted by atomic mass is 16.4. The fourth-order valence-electron chi connectivity index (χ4n) is 2.77. The molecule has 1 saturated heterocycles. The molecule has 0 aromatic heterocycles. The first-order valence-corrected chi connectivity index (χ1v) is 7.04. The number of hydrogen-bond acceptors (Lipinski definition) is 2. The van der Waals surface area contributed by atoms with Gasteiger partial charge in [-0.1, -0.05) is 30.3 Å². The van der Waals surface area contributed by atoms with Gasteiger partial charge < -0.3 is 10.0 Å². The van der Waals surface area contributed by atoms with Gasteiger partial charge in [0.05, 0.1) is 5.41 Å². The topological polar surface area (TPSA) is 57.6 Å². The molecule has 1 heterocycles. The molecule has 1 unspecified atom stereocenters. The Morgan fingerprint density at radius 1 is 1.20 bits per heavy atom. The minimum atomic E-state index is -0.901. The number of hydrogen-bond donors (Lipinski definition) is 1. The maximum Gasteiger partial charge on any atom is 0.326 e. The summed E-state index contributed by atoms with van der Waals surface area (Å²) in [5, 5.41) is 9.30. The van der Waals surface area contributed by atoms with Crippen LogP contribution in [0.5, 0.6) is 0 Å². The number of amides is 1. The van der Waals surface area contributed by atoms with Crippen molar-refractivity contribution in [1.29, 1.82) is 0 Å². The number of piperidine rings is 1. The van der Waals surface area contributed by atoms with Gasteiger partial charge >= 0.3 is 5.97 Å². The Balaban J connectivity index is 2.27. The van der Waals surface area contributed by atoms with Crippen LogP contribution in [-0.4, -0.2) is 34.5 Å². The van der Waals surface area contributed by atoms with E-state index in [4.69, 9.17) is 0 Å². The van der Waals surface area contributed by atoms with Crippen LogP contribution in [0, 0.1) is 0 Å². The van der Waals surface area contributed by atoms with Crippen LogP contribution in [0.25, 0.3) is 0 Å². The second-order valence-corrected chi connectivity index (χ2v) is 5.84. The first kappa shape index (κ1) is 14.6. The molecule has 1 atom stereocenters. The second kappa shape index (κ2) is 5.65. The Bertz CT molecular complexity index is 496. The van der Waals surface area contributed by atoms with Crippen LogP contribution in [0.1, 0.15) is 38.7 Å². The summed E-state index contributed by atoms with van der Waals surface area (Å²) in [5.41, 5.74) is 0.214. The van der Waals surface area contributed by atoms with Crippen molar-refractivity contribution in [2.24, 2.45) is 0 Å². The lowest BCUT2D eigenvalue weighted by molar-refractivity contribution is -0.154. The van der Waals surface area contributed by atoms with Crippen LogP contribution in [0.4, 0.5) is 0 Å². The molecule has 1 aromatic rings. The average Bonchev–Trinajstić information content (AvgIpc) is 2.47. The van der Waals surface area contributed by atoms with E-state index in [1.807, 2.05) is 44.2 Å². The molecule has 4 nitrogen and oxygen atoms in total. The lowest BCUT2D eigenvalue weighted by atomic mass is 9.82. The number of carboxylic acid groups (broad SMARTS) is 1. The molecular formula is C16H21NO3. The number of rotatable bonds is 3. The van der Waals surface area contributed by atoms with Crippen LogP contribution >= 0.6 is 0 Å². The molecule has 0 radical (unpaired) electrons. The van der Waals surface area contributed by atoms with Crippen LogP contribution in [0.15, 0.2) is 30.3 Å². The Morgan fingerprint density at radius 3 is 2.45 bits per heavy atom. The molecule has 108 valence electrons. The molecule has 0 saturated carbocycles. The normalized spacial score (nSPS) is 19.7. The first-order chi connectivity index (χ1) is 9.44. The van der Waals surface area contributed by atoms with Gasteiger partial charge in [-0.2, -0.15) is 0 Å². The maximum atomic E-state index is 12.8. The molecule has 1 aromatic carbocycles. The van der Waals surface area contributed by atoms with Crippen LogP contribution in [0.3, 0.4) is 0 Å². The number of benzene rings is 1. The second-order valence-electron chi connectivity index (χ2n) is 5.84. The zero-order chi connectivity index (χ0) is 14.8. The van der Waals surface area contributed by atoms with Crippen molar-refractivity contribution in [2.45, 2.75) is 44.6 Å². The average molecular weight is 275 g/mol. The Kier molecular flexibility index (Phi) is 4.12. The SMILES string of the molecule is CC(C)(C(=O)N1CCCCC1C(=O)O)c1ccccc1. The zero-order valence-electron chi connectivity index (χ0n) is 12.0. The lowest BCUT2D eigenvalue weighted by Crippen LogP contribution is -2.53. The molecule has 1 N–H and O–H groups in total. The van der Waals surface area contributed by atoms with Gasteiger partial charge in [0.25, 0.3) is 0 Å². The number of carboxylic acids is 1. The Labute approximate surface area is 119 Å². The highest BCUT2D eigenvalue weighted by Gasteiger charge is 2.40. The Hall–Kier alpha value is -1.84. The summed E-state index contributed by atoms with van der Waals surface area (Å²) >= 11 is 0. The molecule has 1 amide bonds. The lowest BCUT2D eigenvalue weighted by Gasteiger charge is -2.38. The standard InChI is InChI=1S/C16H21NO3/c1-16(2,12-8-4-3-5-9-12)15(20)17-11-7-6-10-13(17)14(18)19/h3-5,8-9,13H,6-7,10-11H2,1-2H3,(H,18,19). The van der Waals surface area contributed by atoms with Gasteiger partial charge in [0, 0.05) is 6.54 Å². The predicted octanol–water partition coefficient (Wildman–Crippen LogP) is 2.43. The number of likely N-dealkylation sites (tertiary alicyclic amines) is 1. The van der Waals surface area contributed by atoms with Gasteiger partial charge in [0.1, 0.15) is 6.04 Å². The van der Waals surface area contributed by atoms with Crippen molar-refractivity contribution < 1.29 is 14.7 Å². The van der Waals surface area contributed by atoms with E-state index in [-0.39, 0.29) is 5.91 Å². The van der Waals surface area contributed by atoms with Crippen molar-refractivity contribution in [2.75, 3.05) is 6.54 Å². The van der Waals surface area contributed by atoms with E-state index in [1.165, 1.54) is 0 Å².